The van der Waals surface area contributed by atoms with Crippen LogP contribution in [0.2, 0.25) is 18.1 Å². The molecule has 1 heterocycles. The number of carbonyl (C=O) groups excluding carboxylic acids is 2. The summed E-state index contributed by atoms with van der Waals surface area (Å²) in [4.78, 5) is 28.9. The van der Waals surface area contributed by atoms with E-state index in [4.69, 9.17) is 13.9 Å². The summed E-state index contributed by atoms with van der Waals surface area (Å²) in [6.45, 7) is 19.1. The van der Waals surface area contributed by atoms with Gasteiger partial charge < -0.3 is 29.2 Å². The van der Waals surface area contributed by atoms with E-state index in [1.54, 1.807) is 69.2 Å². The normalized spacial score (nSPS) is 18.0. The van der Waals surface area contributed by atoms with Gasteiger partial charge >= 0.3 is 6.09 Å². The Balaban J connectivity index is 1.72. The minimum Gasteiger partial charge on any atom is -0.444 e. The Morgan fingerprint density at radius 2 is 1.65 bits per heavy atom. The number of ether oxygens (including phenoxy) is 2. The van der Waals surface area contributed by atoms with Gasteiger partial charge in [0.25, 0.3) is 5.91 Å². The standard InChI is InChI=1S/C41H57FN2O6Si/c1-28-16-13-17-29(24-28)36-32(20-15-21-33(36)42)41(47,22-11-12-23-48-8)31-19-14-18-30(25-31)37(45)44-26-34(43-38(46)49-39(2,3)4)35(27-44)50-51(9,10)40(5,6)7/h13-21,24-25,34-35,47H,11-12,22-23,26-27H2,1-10H3,(H,43,46)/t34-,35+,41?/m1/s1. The number of aryl methyl sites for hydroxylation is 1. The Morgan fingerprint density at radius 1 is 0.961 bits per heavy atom. The number of halogens is 1. The monoisotopic (exact) mass is 720 g/mol. The number of hydrogen-bond acceptors (Lipinski definition) is 6. The Labute approximate surface area is 304 Å². The van der Waals surface area contributed by atoms with Crippen LogP contribution < -0.4 is 5.32 Å². The Morgan fingerprint density at radius 3 is 2.29 bits per heavy atom. The number of rotatable bonds is 12. The highest BCUT2D eigenvalue weighted by molar-refractivity contribution is 6.74. The van der Waals surface area contributed by atoms with E-state index in [1.807, 2.05) is 31.2 Å². The molecule has 2 N–H and O–H groups in total. The highest BCUT2D eigenvalue weighted by Crippen LogP contribution is 2.42. The van der Waals surface area contributed by atoms with Crippen LogP contribution in [0, 0.1) is 12.7 Å². The predicted octanol–water partition coefficient (Wildman–Crippen LogP) is 8.59. The molecule has 0 spiro atoms. The molecule has 1 unspecified atom stereocenters. The molecule has 0 aliphatic carbocycles. The van der Waals surface area contributed by atoms with E-state index in [2.05, 4.69) is 39.2 Å². The number of likely N-dealkylation sites (tertiary alicyclic amines) is 1. The number of amides is 2. The lowest BCUT2D eigenvalue weighted by molar-refractivity contribution is 0.0466. The van der Waals surface area contributed by atoms with Crippen molar-refractivity contribution in [1.29, 1.82) is 0 Å². The minimum atomic E-state index is -2.29. The highest BCUT2D eigenvalue weighted by Gasteiger charge is 2.45. The van der Waals surface area contributed by atoms with Gasteiger partial charge in [-0.05, 0) is 100.0 Å². The number of methoxy groups -OCH3 is 1. The lowest BCUT2D eigenvalue weighted by Gasteiger charge is -2.39. The summed E-state index contributed by atoms with van der Waals surface area (Å²) in [6, 6.07) is 18.9. The number of unbranched alkanes of at least 4 members (excludes halogenated alkanes) is 1. The fourth-order valence-corrected chi connectivity index (χ4v) is 7.68. The third-order valence-corrected chi connectivity index (χ3v) is 14.5. The van der Waals surface area contributed by atoms with E-state index in [1.165, 1.54) is 6.07 Å². The fraction of sp³-hybridized carbons (Fsp3) is 0.512. The Bertz CT molecular complexity index is 1680. The van der Waals surface area contributed by atoms with Crippen molar-refractivity contribution in [3.05, 3.63) is 94.8 Å². The minimum absolute atomic E-state index is 0.0862. The Hall–Kier alpha value is -3.57. The van der Waals surface area contributed by atoms with Crippen LogP contribution in [-0.4, -0.2) is 74.9 Å². The number of aliphatic hydroxyl groups is 1. The molecule has 2 amide bonds. The molecule has 0 saturated carbocycles. The quantitative estimate of drug-likeness (QED) is 0.144. The molecule has 51 heavy (non-hydrogen) atoms. The molecule has 1 aliphatic rings. The molecule has 3 atom stereocenters. The highest BCUT2D eigenvalue weighted by atomic mass is 28.4. The summed E-state index contributed by atoms with van der Waals surface area (Å²) >= 11 is 0. The van der Waals surface area contributed by atoms with Gasteiger partial charge in [-0.25, -0.2) is 9.18 Å². The van der Waals surface area contributed by atoms with Gasteiger partial charge in [0.2, 0.25) is 0 Å². The summed E-state index contributed by atoms with van der Waals surface area (Å²) in [7, 11) is -0.652. The first-order valence-electron chi connectivity index (χ1n) is 17.9. The van der Waals surface area contributed by atoms with Gasteiger partial charge in [-0.2, -0.15) is 0 Å². The van der Waals surface area contributed by atoms with Gasteiger partial charge in [0, 0.05) is 37.9 Å². The van der Waals surface area contributed by atoms with Gasteiger partial charge in [-0.1, -0.05) is 74.9 Å². The summed E-state index contributed by atoms with van der Waals surface area (Å²) < 4.78 is 33.4. The number of benzene rings is 3. The second-order valence-electron chi connectivity index (χ2n) is 16.3. The zero-order chi connectivity index (χ0) is 37.8. The molecule has 1 saturated heterocycles. The van der Waals surface area contributed by atoms with Crippen LogP contribution >= 0.6 is 0 Å². The number of alkyl carbamates (subject to hydrolysis) is 1. The maximum Gasteiger partial charge on any atom is 0.408 e. The molecule has 3 aromatic carbocycles. The van der Waals surface area contributed by atoms with Crippen molar-refractivity contribution in [2.75, 3.05) is 26.8 Å². The summed E-state index contributed by atoms with van der Waals surface area (Å²) in [5.41, 5.74) is 0.954. The van der Waals surface area contributed by atoms with Crippen LogP contribution in [0.5, 0.6) is 0 Å². The van der Waals surface area contributed by atoms with E-state index in [0.29, 0.717) is 47.3 Å². The molecule has 1 fully saturated rings. The van der Waals surface area contributed by atoms with E-state index in [0.717, 1.165) is 5.56 Å². The SMILES string of the molecule is COCCCCC(O)(c1cccc(C(=O)N2C[C@H](O[Si](C)(C)C(C)(C)C)[C@H](NC(=O)OC(C)(C)C)C2)c1)c1cccc(F)c1-c1cccc(C)c1. The van der Waals surface area contributed by atoms with Crippen molar-refractivity contribution in [3.63, 3.8) is 0 Å². The summed E-state index contributed by atoms with van der Waals surface area (Å²) in [6.07, 6.45) is 0.577. The van der Waals surface area contributed by atoms with Gasteiger partial charge in [-0.3, -0.25) is 4.79 Å². The number of nitrogens with zero attached hydrogens (tertiary/aromatic N) is 1. The zero-order valence-electron chi connectivity index (χ0n) is 32.1. The van der Waals surface area contributed by atoms with Crippen molar-refractivity contribution in [3.8, 4) is 11.1 Å². The zero-order valence-corrected chi connectivity index (χ0v) is 33.1. The largest absolute Gasteiger partial charge is 0.444 e. The van der Waals surface area contributed by atoms with E-state index in [-0.39, 0.29) is 30.5 Å². The van der Waals surface area contributed by atoms with E-state index < -0.39 is 43.6 Å². The lowest BCUT2D eigenvalue weighted by Crippen LogP contribution is -2.51. The second-order valence-corrected chi connectivity index (χ2v) is 21.1. The average Bonchev–Trinajstić information content (AvgIpc) is 3.41. The summed E-state index contributed by atoms with van der Waals surface area (Å²) in [5.74, 6) is -0.692. The van der Waals surface area contributed by atoms with E-state index >= 15 is 4.39 Å². The third-order valence-electron chi connectivity index (χ3n) is 10.00. The summed E-state index contributed by atoms with van der Waals surface area (Å²) in [5, 5.41) is 15.6. The van der Waals surface area contributed by atoms with Crippen molar-refractivity contribution < 1.29 is 33.0 Å². The maximum absolute atomic E-state index is 15.8. The number of carbonyl (C=O) groups is 2. The Kier molecular flexibility index (Phi) is 12.6. The maximum atomic E-state index is 15.8. The molecule has 1 aliphatic heterocycles. The topological polar surface area (TPSA) is 97.3 Å². The molecule has 8 nitrogen and oxygen atoms in total. The molecule has 10 heteroatoms. The predicted molar refractivity (Wildman–Crippen MR) is 203 cm³/mol. The van der Waals surface area contributed by atoms with E-state index in [9.17, 15) is 14.7 Å². The van der Waals surface area contributed by atoms with Gasteiger partial charge in [0.1, 0.15) is 17.0 Å². The van der Waals surface area contributed by atoms with Crippen LogP contribution in [0.1, 0.15) is 87.9 Å². The van der Waals surface area contributed by atoms with Crippen molar-refractivity contribution in [1.82, 2.24) is 10.2 Å². The molecule has 0 aromatic heterocycles. The van der Waals surface area contributed by atoms with Crippen LogP contribution in [-0.2, 0) is 19.5 Å². The van der Waals surface area contributed by atoms with Crippen LogP contribution in [0.25, 0.3) is 11.1 Å². The van der Waals surface area contributed by atoms with Crippen molar-refractivity contribution in [2.24, 2.45) is 0 Å². The molecule has 0 bridgehead atoms. The number of nitrogens with one attached hydrogen (secondary N) is 1. The first kappa shape index (κ1) is 40.2. The molecule has 278 valence electrons. The molecule has 4 rings (SSSR count). The first-order chi connectivity index (χ1) is 23.8. The second kappa shape index (κ2) is 16.0. The average molecular weight is 721 g/mol. The van der Waals surface area contributed by atoms with Crippen molar-refractivity contribution >= 4 is 20.3 Å². The molecular formula is C41H57FN2O6Si. The van der Waals surface area contributed by atoms with Gasteiger partial charge in [0.05, 0.1) is 12.1 Å². The van der Waals surface area contributed by atoms with Crippen molar-refractivity contribution in [2.45, 2.75) is 109 Å². The van der Waals surface area contributed by atoms with Crippen LogP contribution in [0.15, 0.2) is 66.7 Å². The lowest BCUT2D eigenvalue weighted by atomic mass is 9.78. The molecule has 0 radical (unpaired) electrons. The van der Waals surface area contributed by atoms with Gasteiger partial charge in [-0.15, -0.1) is 0 Å². The van der Waals surface area contributed by atoms with Gasteiger partial charge in [0.15, 0.2) is 8.32 Å². The third kappa shape index (κ3) is 9.86. The first-order valence-corrected chi connectivity index (χ1v) is 20.8. The van der Waals surface area contributed by atoms with Crippen LogP contribution in [0.3, 0.4) is 0 Å². The number of hydrogen-bond donors (Lipinski definition) is 2. The van der Waals surface area contributed by atoms with Crippen LogP contribution in [0.4, 0.5) is 9.18 Å². The fourth-order valence-electron chi connectivity index (χ4n) is 6.33. The molecular weight excluding hydrogens is 664 g/mol. The molecule has 3 aromatic rings. The smallest absolute Gasteiger partial charge is 0.408 e.